The van der Waals surface area contributed by atoms with Gasteiger partial charge in [-0.25, -0.2) is 4.79 Å². The highest BCUT2D eigenvalue weighted by atomic mass is 16.5. The second-order valence-corrected chi connectivity index (χ2v) is 5.34. The second-order valence-electron chi connectivity index (χ2n) is 5.34. The fourth-order valence-corrected chi connectivity index (χ4v) is 2.13. The van der Waals surface area contributed by atoms with Gasteiger partial charge in [-0.1, -0.05) is 29.8 Å². The molecule has 5 nitrogen and oxygen atoms in total. The molecule has 0 amide bonds. The molecule has 25 heavy (non-hydrogen) atoms. The molecule has 0 unspecified atom stereocenters. The van der Waals surface area contributed by atoms with Gasteiger partial charge in [0, 0.05) is 12.1 Å². The van der Waals surface area contributed by atoms with Gasteiger partial charge in [-0.3, -0.25) is 4.79 Å². The van der Waals surface area contributed by atoms with Crippen LogP contribution < -0.4 is 9.47 Å². The number of carbonyl (C=O) groups is 2. The van der Waals surface area contributed by atoms with Crippen molar-refractivity contribution < 1.29 is 23.8 Å². The van der Waals surface area contributed by atoms with Crippen LogP contribution in [0.4, 0.5) is 0 Å². The minimum Gasteiger partial charge on any atom is -0.497 e. The topological polar surface area (TPSA) is 61.8 Å². The molecule has 2 aromatic rings. The van der Waals surface area contributed by atoms with Crippen LogP contribution >= 0.6 is 0 Å². The third kappa shape index (κ3) is 5.21. The largest absolute Gasteiger partial charge is 0.497 e. The summed E-state index contributed by atoms with van der Waals surface area (Å²) in [5.74, 6) is 0.0139. The van der Waals surface area contributed by atoms with E-state index in [4.69, 9.17) is 14.2 Å². The molecule has 2 rings (SSSR count). The lowest BCUT2D eigenvalue weighted by Gasteiger charge is -2.09. The summed E-state index contributed by atoms with van der Waals surface area (Å²) in [5.41, 5.74) is 2.35. The smallest absolute Gasteiger partial charge is 0.331 e. The number of esters is 1. The molecule has 0 spiro atoms. The van der Waals surface area contributed by atoms with Gasteiger partial charge < -0.3 is 14.2 Å². The third-order valence-electron chi connectivity index (χ3n) is 3.54. The molecule has 0 atom stereocenters. The molecule has 0 aliphatic heterocycles. The summed E-state index contributed by atoms with van der Waals surface area (Å²) in [6.45, 7) is 1.63. The first-order valence-corrected chi connectivity index (χ1v) is 7.70. The van der Waals surface area contributed by atoms with E-state index in [-0.39, 0.29) is 12.4 Å². The molecule has 0 N–H and O–H groups in total. The van der Waals surface area contributed by atoms with Crippen LogP contribution in [0.3, 0.4) is 0 Å². The van der Waals surface area contributed by atoms with Crippen molar-refractivity contribution in [3.05, 3.63) is 65.2 Å². The first-order chi connectivity index (χ1) is 12.0. The predicted octanol–water partition coefficient (Wildman–Crippen LogP) is 3.45. The van der Waals surface area contributed by atoms with Crippen LogP contribution in [-0.2, 0) is 9.53 Å². The quantitative estimate of drug-likeness (QED) is 0.439. The lowest BCUT2D eigenvalue weighted by molar-refractivity contribution is -0.136. The normalized spacial score (nSPS) is 10.5. The zero-order chi connectivity index (χ0) is 18.2. The van der Waals surface area contributed by atoms with Crippen molar-refractivity contribution in [1.82, 2.24) is 0 Å². The fourth-order valence-electron chi connectivity index (χ4n) is 2.13. The molecule has 0 heterocycles. The average molecular weight is 340 g/mol. The number of benzene rings is 2. The number of ether oxygens (including phenoxy) is 3. The van der Waals surface area contributed by atoms with E-state index in [1.807, 2.05) is 31.2 Å². The molecule has 0 radical (unpaired) electrons. The minimum atomic E-state index is -0.582. The summed E-state index contributed by atoms with van der Waals surface area (Å²) in [5, 5.41) is 0. The van der Waals surface area contributed by atoms with Gasteiger partial charge in [-0.2, -0.15) is 0 Å². The summed E-state index contributed by atoms with van der Waals surface area (Å²) < 4.78 is 15.3. The molecule has 0 saturated carbocycles. The molecule has 0 aliphatic carbocycles. The van der Waals surface area contributed by atoms with Crippen molar-refractivity contribution in [3.63, 3.8) is 0 Å². The Morgan fingerprint density at radius 3 is 2.36 bits per heavy atom. The number of hydrogen-bond acceptors (Lipinski definition) is 5. The first-order valence-electron chi connectivity index (χ1n) is 7.70. The van der Waals surface area contributed by atoms with E-state index in [0.717, 1.165) is 11.1 Å². The molecule has 0 saturated heterocycles. The highest BCUT2D eigenvalue weighted by Crippen LogP contribution is 2.24. The van der Waals surface area contributed by atoms with Gasteiger partial charge in [0.25, 0.3) is 0 Å². The number of aryl methyl sites for hydroxylation is 1. The van der Waals surface area contributed by atoms with E-state index in [9.17, 15) is 9.59 Å². The molecule has 2 aromatic carbocycles. The summed E-state index contributed by atoms with van der Waals surface area (Å²) in [6, 6.07) is 12.5. The highest BCUT2D eigenvalue weighted by molar-refractivity contribution is 6.01. The zero-order valence-corrected chi connectivity index (χ0v) is 14.4. The summed E-state index contributed by atoms with van der Waals surface area (Å²) in [7, 11) is 2.99. The van der Waals surface area contributed by atoms with Crippen LogP contribution in [0.1, 0.15) is 21.5 Å². The maximum Gasteiger partial charge on any atom is 0.331 e. The number of carbonyl (C=O) groups excluding carboxylic acids is 2. The summed E-state index contributed by atoms with van der Waals surface area (Å²) in [4.78, 5) is 24.0. The van der Waals surface area contributed by atoms with Crippen molar-refractivity contribution in [1.29, 1.82) is 0 Å². The van der Waals surface area contributed by atoms with Crippen molar-refractivity contribution in [3.8, 4) is 11.5 Å². The van der Waals surface area contributed by atoms with Gasteiger partial charge in [-0.05, 0) is 30.7 Å². The molecule has 5 heteroatoms. The van der Waals surface area contributed by atoms with Gasteiger partial charge in [0.15, 0.2) is 6.61 Å². The molecule has 0 aliphatic rings. The monoisotopic (exact) mass is 340 g/mol. The van der Waals surface area contributed by atoms with Crippen LogP contribution in [0, 0.1) is 6.92 Å². The Labute approximate surface area is 146 Å². The van der Waals surface area contributed by atoms with Crippen molar-refractivity contribution in [2.75, 3.05) is 20.8 Å². The Balaban J connectivity index is 1.95. The molecule has 130 valence electrons. The van der Waals surface area contributed by atoms with E-state index in [2.05, 4.69) is 0 Å². The Kier molecular flexibility index (Phi) is 6.34. The van der Waals surface area contributed by atoms with Crippen LogP contribution in [0.15, 0.2) is 48.5 Å². The van der Waals surface area contributed by atoms with Crippen molar-refractivity contribution in [2.45, 2.75) is 6.92 Å². The Morgan fingerprint density at radius 2 is 1.72 bits per heavy atom. The molecular weight excluding hydrogens is 320 g/mol. The van der Waals surface area contributed by atoms with Gasteiger partial charge in [0.1, 0.15) is 11.5 Å². The average Bonchev–Trinajstić information content (AvgIpc) is 2.65. The lowest BCUT2D eigenvalue weighted by atomic mass is 10.1. The standard InChI is InChI=1S/C20H20O5/c1-14-4-6-15(7-5-14)8-11-20(22)25-13-18(21)17-10-9-16(23-2)12-19(17)24-3/h4-12H,13H2,1-3H3/b11-8+. The second kappa shape index (κ2) is 8.68. The lowest BCUT2D eigenvalue weighted by Crippen LogP contribution is -2.13. The minimum absolute atomic E-state index is 0.332. The fraction of sp³-hybridized carbons (Fsp3) is 0.200. The predicted molar refractivity (Wildman–Crippen MR) is 95.0 cm³/mol. The van der Waals surface area contributed by atoms with E-state index in [1.54, 1.807) is 24.3 Å². The van der Waals surface area contributed by atoms with Crippen molar-refractivity contribution in [2.24, 2.45) is 0 Å². The number of Topliss-reactive ketones (excluding diaryl/α,β-unsaturated/α-hetero) is 1. The van der Waals surface area contributed by atoms with Crippen LogP contribution in [0.25, 0.3) is 6.08 Å². The van der Waals surface area contributed by atoms with Gasteiger partial charge in [-0.15, -0.1) is 0 Å². The number of rotatable bonds is 7. The van der Waals surface area contributed by atoms with E-state index in [1.165, 1.54) is 20.3 Å². The van der Waals surface area contributed by atoms with Gasteiger partial charge in [0.2, 0.25) is 5.78 Å². The number of hydrogen-bond donors (Lipinski definition) is 0. The van der Waals surface area contributed by atoms with E-state index < -0.39 is 5.97 Å². The van der Waals surface area contributed by atoms with Gasteiger partial charge in [0.05, 0.1) is 19.8 Å². The third-order valence-corrected chi connectivity index (χ3v) is 3.54. The number of methoxy groups -OCH3 is 2. The van der Waals surface area contributed by atoms with Crippen LogP contribution in [0.5, 0.6) is 11.5 Å². The molecule has 0 aromatic heterocycles. The molecule has 0 bridgehead atoms. The molecular formula is C20H20O5. The van der Waals surface area contributed by atoms with Gasteiger partial charge >= 0.3 is 5.97 Å². The summed E-state index contributed by atoms with van der Waals surface area (Å²) >= 11 is 0. The summed E-state index contributed by atoms with van der Waals surface area (Å²) in [6.07, 6.45) is 2.93. The van der Waals surface area contributed by atoms with E-state index in [0.29, 0.717) is 17.1 Å². The maximum absolute atomic E-state index is 12.2. The number of ketones is 1. The Hall–Kier alpha value is -3.08. The Bertz CT molecular complexity index is 775. The highest BCUT2D eigenvalue weighted by Gasteiger charge is 2.14. The Morgan fingerprint density at radius 1 is 1.00 bits per heavy atom. The maximum atomic E-state index is 12.2. The van der Waals surface area contributed by atoms with Crippen LogP contribution in [-0.4, -0.2) is 32.6 Å². The van der Waals surface area contributed by atoms with Crippen LogP contribution in [0.2, 0.25) is 0 Å². The first kappa shape index (κ1) is 18.3. The van der Waals surface area contributed by atoms with E-state index >= 15 is 0 Å². The molecule has 0 fully saturated rings. The van der Waals surface area contributed by atoms with Crippen molar-refractivity contribution >= 4 is 17.8 Å². The SMILES string of the molecule is COc1ccc(C(=O)COC(=O)/C=C/c2ccc(C)cc2)c(OC)c1. The zero-order valence-electron chi connectivity index (χ0n) is 14.4.